The highest BCUT2D eigenvalue weighted by Crippen LogP contribution is 2.33. The van der Waals surface area contributed by atoms with Gasteiger partial charge in [0.2, 0.25) is 21.8 Å². The number of hydrogen-bond acceptors (Lipinski definition) is 6. The molecule has 2 aromatic carbocycles. The lowest BCUT2D eigenvalue weighted by Gasteiger charge is -2.31. The number of halogens is 1. The molecule has 0 bridgehead atoms. The third-order valence-electron chi connectivity index (χ3n) is 5.05. The van der Waals surface area contributed by atoms with Gasteiger partial charge in [-0.15, -0.1) is 0 Å². The van der Waals surface area contributed by atoms with E-state index in [-0.39, 0.29) is 23.5 Å². The van der Waals surface area contributed by atoms with Crippen LogP contribution >= 0.6 is 0 Å². The predicted molar refractivity (Wildman–Crippen MR) is 122 cm³/mol. The van der Waals surface area contributed by atoms with Gasteiger partial charge in [0.25, 0.3) is 0 Å². The molecule has 2 rings (SSSR count). The Kier molecular flexibility index (Phi) is 8.63. The maximum atomic E-state index is 14.3. The van der Waals surface area contributed by atoms with Crippen LogP contribution in [0.3, 0.4) is 0 Å². The van der Waals surface area contributed by atoms with Crippen molar-refractivity contribution in [1.82, 2.24) is 10.2 Å². The summed E-state index contributed by atoms with van der Waals surface area (Å²) in [5.74, 6) is -1.11. The fourth-order valence-electron chi connectivity index (χ4n) is 3.19. The first-order valence-corrected chi connectivity index (χ1v) is 11.8. The monoisotopic (exact) mass is 481 g/mol. The highest BCUT2D eigenvalue weighted by molar-refractivity contribution is 7.92. The standard InChI is InChI=1S/C22H28FN3O6S/c1-15(22(28)24-2)25(13-16-8-6-7-9-18(16)23)21(27)14-26(33(5,29)30)19-11-10-17(31-3)12-20(19)32-4/h6-12,15H,13-14H2,1-5H3,(H,24,28)/t15-/m0/s1. The van der Waals surface area contributed by atoms with Gasteiger partial charge in [0.15, 0.2) is 0 Å². The number of sulfonamides is 1. The second kappa shape index (κ2) is 11.0. The number of carbonyl (C=O) groups is 2. The second-order valence-electron chi connectivity index (χ2n) is 7.21. The van der Waals surface area contributed by atoms with Gasteiger partial charge in [-0.05, 0) is 25.1 Å². The molecular weight excluding hydrogens is 453 g/mol. The fourth-order valence-corrected chi connectivity index (χ4v) is 4.04. The first-order chi connectivity index (χ1) is 15.5. The molecular formula is C22H28FN3O6S. The minimum Gasteiger partial charge on any atom is -0.497 e. The summed E-state index contributed by atoms with van der Waals surface area (Å²) in [5.41, 5.74) is 0.308. The van der Waals surface area contributed by atoms with E-state index < -0.39 is 40.2 Å². The SMILES string of the molecule is CNC(=O)[C@H](C)N(Cc1ccccc1F)C(=O)CN(c1ccc(OC)cc1OC)S(C)(=O)=O. The predicted octanol–water partition coefficient (Wildman–Crippen LogP) is 1.77. The molecule has 0 heterocycles. The van der Waals surface area contributed by atoms with E-state index in [1.807, 2.05) is 0 Å². The summed E-state index contributed by atoms with van der Waals surface area (Å²) in [7, 11) is 0.283. The van der Waals surface area contributed by atoms with Crippen LogP contribution in [-0.2, 0) is 26.2 Å². The number of benzene rings is 2. The third-order valence-corrected chi connectivity index (χ3v) is 6.17. The molecule has 0 saturated heterocycles. The number of rotatable bonds is 10. The van der Waals surface area contributed by atoms with Crippen molar-refractivity contribution in [2.75, 3.05) is 38.4 Å². The quantitative estimate of drug-likeness (QED) is 0.555. The van der Waals surface area contributed by atoms with E-state index >= 15 is 0 Å². The van der Waals surface area contributed by atoms with E-state index in [0.717, 1.165) is 15.5 Å². The van der Waals surface area contributed by atoms with Gasteiger partial charge in [-0.25, -0.2) is 12.8 Å². The molecule has 0 aliphatic rings. The smallest absolute Gasteiger partial charge is 0.244 e. The zero-order chi connectivity index (χ0) is 24.8. The van der Waals surface area contributed by atoms with Crippen LogP contribution in [0.4, 0.5) is 10.1 Å². The molecule has 0 aromatic heterocycles. The van der Waals surface area contributed by atoms with Crippen LogP contribution in [0.15, 0.2) is 42.5 Å². The summed E-state index contributed by atoms with van der Waals surface area (Å²) in [6, 6.07) is 9.34. The minimum absolute atomic E-state index is 0.118. The van der Waals surface area contributed by atoms with Crippen LogP contribution in [0, 0.1) is 5.82 Å². The Morgan fingerprint density at radius 2 is 1.79 bits per heavy atom. The van der Waals surface area contributed by atoms with Crippen molar-refractivity contribution in [3.8, 4) is 11.5 Å². The molecule has 0 fully saturated rings. The van der Waals surface area contributed by atoms with Gasteiger partial charge in [0.05, 0.1) is 26.2 Å². The van der Waals surface area contributed by atoms with Crippen molar-refractivity contribution in [1.29, 1.82) is 0 Å². The molecule has 9 nitrogen and oxygen atoms in total. The molecule has 33 heavy (non-hydrogen) atoms. The topological polar surface area (TPSA) is 105 Å². The summed E-state index contributed by atoms with van der Waals surface area (Å²) in [4.78, 5) is 26.7. The highest BCUT2D eigenvalue weighted by atomic mass is 32.2. The fraction of sp³-hybridized carbons (Fsp3) is 0.364. The number of nitrogens with one attached hydrogen (secondary N) is 1. The molecule has 2 amide bonds. The first kappa shape index (κ1) is 25.9. The molecule has 0 unspecified atom stereocenters. The van der Waals surface area contributed by atoms with Crippen molar-refractivity contribution in [3.63, 3.8) is 0 Å². The van der Waals surface area contributed by atoms with Crippen molar-refractivity contribution in [2.24, 2.45) is 0 Å². The first-order valence-electron chi connectivity index (χ1n) is 9.97. The van der Waals surface area contributed by atoms with E-state index in [1.165, 1.54) is 64.6 Å². The summed E-state index contributed by atoms with van der Waals surface area (Å²) in [6.45, 7) is 0.630. The number of carbonyl (C=O) groups excluding carboxylic acids is 2. The number of nitrogens with zero attached hydrogens (tertiary/aromatic N) is 2. The Bertz CT molecular complexity index is 1110. The Hall–Kier alpha value is -3.34. The molecule has 11 heteroatoms. The largest absolute Gasteiger partial charge is 0.497 e. The zero-order valence-electron chi connectivity index (χ0n) is 19.2. The molecule has 0 spiro atoms. The third kappa shape index (κ3) is 6.35. The van der Waals surface area contributed by atoms with Gasteiger partial charge in [-0.1, -0.05) is 18.2 Å². The average Bonchev–Trinajstić information content (AvgIpc) is 2.79. The van der Waals surface area contributed by atoms with E-state index in [4.69, 9.17) is 9.47 Å². The maximum absolute atomic E-state index is 14.3. The lowest BCUT2D eigenvalue weighted by molar-refractivity contribution is -0.139. The van der Waals surface area contributed by atoms with Gasteiger partial charge in [-0.2, -0.15) is 0 Å². The molecule has 0 radical (unpaired) electrons. The van der Waals surface area contributed by atoms with Crippen molar-refractivity contribution < 1.29 is 31.9 Å². The number of likely N-dealkylation sites (N-methyl/N-ethyl adjacent to an activating group) is 1. The Morgan fingerprint density at radius 1 is 1.12 bits per heavy atom. The molecule has 180 valence electrons. The zero-order valence-corrected chi connectivity index (χ0v) is 20.0. The molecule has 1 N–H and O–H groups in total. The lowest BCUT2D eigenvalue weighted by Crippen LogP contribution is -2.50. The van der Waals surface area contributed by atoms with Crippen LogP contribution in [-0.4, -0.2) is 65.2 Å². The maximum Gasteiger partial charge on any atom is 0.244 e. The van der Waals surface area contributed by atoms with Gasteiger partial charge in [0, 0.05) is 25.2 Å². The molecule has 0 aliphatic heterocycles. The van der Waals surface area contributed by atoms with Crippen molar-refractivity contribution in [2.45, 2.75) is 19.5 Å². The van der Waals surface area contributed by atoms with E-state index in [1.54, 1.807) is 6.07 Å². The number of ether oxygens (including phenoxy) is 2. The van der Waals surface area contributed by atoms with Gasteiger partial charge in [0.1, 0.15) is 29.9 Å². The molecule has 0 saturated carbocycles. The van der Waals surface area contributed by atoms with E-state index in [9.17, 15) is 22.4 Å². The summed E-state index contributed by atoms with van der Waals surface area (Å²) < 4.78 is 50.8. The summed E-state index contributed by atoms with van der Waals surface area (Å²) in [6.07, 6.45) is 0.952. The molecule has 2 aromatic rings. The van der Waals surface area contributed by atoms with Crippen molar-refractivity contribution in [3.05, 3.63) is 53.8 Å². The van der Waals surface area contributed by atoms with Crippen molar-refractivity contribution >= 4 is 27.5 Å². The lowest BCUT2D eigenvalue weighted by atomic mass is 10.1. The minimum atomic E-state index is -3.94. The Balaban J connectivity index is 2.47. The van der Waals surface area contributed by atoms with E-state index in [0.29, 0.717) is 5.75 Å². The van der Waals surface area contributed by atoms with Crippen LogP contribution < -0.4 is 19.1 Å². The van der Waals surface area contributed by atoms with Gasteiger partial charge < -0.3 is 19.7 Å². The summed E-state index contributed by atoms with van der Waals surface area (Å²) >= 11 is 0. The average molecular weight is 482 g/mol. The van der Waals surface area contributed by atoms with Crippen LogP contribution in [0.2, 0.25) is 0 Å². The summed E-state index contributed by atoms with van der Waals surface area (Å²) in [5, 5.41) is 2.45. The number of anilines is 1. The Labute approximate surface area is 193 Å². The van der Waals surface area contributed by atoms with Crippen LogP contribution in [0.5, 0.6) is 11.5 Å². The molecule has 1 atom stereocenters. The number of methoxy groups -OCH3 is 2. The number of hydrogen-bond donors (Lipinski definition) is 1. The molecule has 0 aliphatic carbocycles. The second-order valence-corrected chi connectivity index (χ2v) is 9.12. The Morgan fingerprint density at radius 3 is 2.33 bits per heavy atom. The van der Waals surface area contributed by atoms with Crippen LogP contribution in [0.1, 0.15) is 12.5 Å². The van der Waals surface area contributed by atoms with Crippen LogP contribution in [0.25, 0.3) is 0 Å². The number of amides is 2. The normalized spacial score (nSPS) is 11.9. The van der Waals surface area contributed by atoms with Gasteiger partial charge in [-0.3, -0.25) is 13.9 Å². The van der Waals surface area contributed by atoms with E-state index in [2.05, 4.69) is 5.32 Å². The highest BCUT2D eigenvalue weighted by Gasteiger charge is 2.31. The van der Waals surface area contributed by atoms with Gasteiger partial charge >= 0.3 is 0 Å².